The number of hydrogen-bond donors (Lipinski definition) is 1. The Morgan fingerprint density at radius 1 is 1.29 bits per heavy atom. The van der Waals surface area contributed by atoms with Crippen LogP contribution in [0.5, 0.6) is 5.75 Å². The van der Waals surface area contributed by atoms with Crippen LogP contribution in [0.4, 0.5) is 0 Å². The lowest BCUT2D eigenvalue weighted by Gasteiger charge is -2.29. The van der Waals surface area contributed by atoms with E-state index in [0.29, 0.717) is 30.1 Å². The molecule has 1 aromatic rings. The molecule has 4 heteroatoms. The van der Waals surface area contributed by atoms with Gasteiger partial charge in [-0.3, -0.25) is 0 Å². The average molecular weight is 356 g/mol. The molecule has 0 spiro atoms. The normalized spacial score (nSPS) is 30.4. The van der Waals surface area contributed by atoms with Gasteiger partial charge in [-0.15, -0.1) is 0 Å². The van der Waals surface area contributed by atoms with E-state index in [-0.39, 0.29) is 0 Å². The van der Waals surface area contributed by atoms with E-state index in [9.17, 15) is 0 Å². The summed E-state index contributed by atoms with van der Waals surface area (Å²) >= 11 is 3.57. The van der Waals surface area contributed by atoms with Crippen molar-refractivity contribution < 1.29 is 9.47 Å². The standard InChI is InChI=1S/C17H26BrNO2/c1-10-11(2)21-12(3)17(10)15(19-4)9-13-6-7-16(20-5)14(18)8-13/h6-8,10-12,15,17,19H,9H2,1-5H3. The Morgan fingerprint density at radius 2 is 2.00 bits per heavy atom. The molecule has 1 fully saturated rings. The molecule has 0 saturated carbocycles. The van der Waals surface area contributed by atoms with Crippen molar-refractivity contribution in [3.63, 3.8) is 0 Å². The molecule has 21 heavy (non-hydrogen) atoms. The van der Waals surface area contributed by atoms with Crippen LogP contribution in [0.1, 0.15) is 26.3 Å². The summed E-state index contributed by atoms with van der Waals surface area (Å²) < 4.78 is 12.3. The van der Waals surface area contributed by atoms with Gasteiger partial charge in [0.1, 0.15) is 5.75 Å². The molecule has 0 amide bonds. The van der Waals surface area contributed by atoms with Gasteiger partial charge >= 0.3 is 0 Å². The van der Waals surface area contributed by atoms with E-state index in [1.165, 1.54) is 5.56 Å². The molecule has 3 nitrogen and oxygen atoms in total. The van der Waals surface area contributed by atoms with Crippen LogP contribution < -0.4 is 10.1 Å². The monoisotopic (exact) mass is 355 g/mol. The summed E-state index contributed by atoms with van der Waals surface area (Å²) in [5, 5.41) is 3.50. The summed E-state index contributed by atoms with van der Waals surface area (Å²) in [7, 11) is 3.74. The highest BCUT2D eigenvalue weighted by Crippen LogP contribution is 2.36. The molecule has 1 aliphatic rings. The van der Waals surface area contributed by atoms with Crippen LogP contribution in [-0.4, -0.2) is 32.4 Å². The SMILES string of the molecule is CNC(Cc1ccc(OC)c(Br)c1)C1C(C)OC(C)C1C. The number of nitrogens with one attached hydrogen (secondary N) is 1. The zero-order chi connectivity index (χ0) is 15.6. The van der Waals surface area contributed by atoms with Gasteiger partial charge in [0.25, 0.3) is 0 Å². The third-order valence-corrected chi connectivity index (χ3v) is 5.45. The van der Waals surface area contributed by atoms with Crippen LogP contribution in [0.2, 0.25) is 0 Å². The van der Waals surface area contributed by atoms with Gasteiger partial charge in [-0.1, -0.05) is 13.0 Å². The van der Waals surface area contributed by atoms with E-state index in [2.05, 4.69) is 54.2 Å². The molecule has 1 heterocycles. The van der Waals surface area contributed by atoms with Crippen molar-refractivity contribution >= 4 is 15.9 Å². The van der Waals surface area contributed by atoms with E-state index in [0.717, 1.165) is 16.6 Å². The minimum absolute atomic E-state index is 0.300. The van der Waals surface area contributed by atoms with Crippen LogP contribution in [0.25, 0.3) is 0 Å². The number of halogens is 1. The van der Waals surface area contributed by atoms with Crippen molar-refractivity contribution in [2.75, 3.05) is 14.2 Å². The molecule has 1 N–H and O–H groups in total. The van der Waals surface area contributed by atoms with Crippen LogP contribution in [0, 0.1) is 11.8 Å². The number of benzene rings is 1. The van der Waals surface area contributed by atoms with E-state index in [1.807, 2.05) is 13.1 Å². The molecule has 2 rings (SSSR count). The topological polar surface area (TPSA) is 30.5 Å². The Balaban J connectivity index is 2.14. The van der Waals surface area contributed by atoms with Crippen molar-refractivity contribution in [2.45, 2.75) is 45.4 Å². The number of rotatable bonds is 5. The fourth-order valence-electron chi connectivity index (χ4n) is 3.51. The first-order valence-corrected chi connectivity index (χ1v) is 8.42. The summed E-state index contributed by atoms with van der Waals surface area (Å²) in [4.78, 5) is 0. The lowest BCUT2D eigenvalue weighted by molar-refractivity contribution is 0.0479. The van der Waals surface area contributed by atoms with E-state index >= 15 is 0 Å². The van der Waals surface area contributed by atoms with Gasteiger partial charge in [0.05, 0.1) is 23.8 Å². The quantitative estimate of drug-likeness (QED) is 0.874. The lowest BCUT2D eigenvalue weighted by Crippen LogP contribution is -2.41. The molecule has 0 aromatic heterocycles. The first kappa shape index (κ1) is 16.8. The van der Waals surface area contributed by atoms with Crippen LogP contribution in [-0.2, 0) is 11.2 Å². The Morgan fingerprint density at radius 3 is 2.48 bits per heavy atom. The number of hydrogen-bond acceptors (Lipinski definition) is 3. The second kappa shape index (κ2) is 7.12. The number of likely N-dealkylation sites (N-methyl/N-ethyl adjacent to an activating group) is 1. The van der Waals surface area contributed by atoms with Crippen molar-refractivity contribution in [3.05, 3.63) is 28.2 Å². The average Bonchev–Trinajstić information content (AvgIpc) is 2.70. The molecule has 0 bridgehead atoms. The Labute approximate surface area is 136 Å². The van der Waals surface area contributed by atoms with E-state index in [4.69, 9.17) is 9.47 Å². The fraction of sp³-hybridized carbons (Fsp3) is 0.647. The maximum atomic E-state index is 6.00. The zero-order valence-corrected chi connectivity index (χ0v) is 15.1. The minimum Gasteiger partial charge on any atom is -0.496 e. The zero-order valence-electron chi connectivity index (χ0n) is 13.5. The van der Waals surface area contributed by atoms with Crippen LogP contribution in [0.15, 0.2) is 22.7 Å². The molecule has 118 valence electrons. The van der Waals surface area contributed by atoms with Crippen molar-refractivity contribution in [1.82, 2.24) is 5.32 Å². The number of ether oxygens (including phenoxy) is 2. The Hall–Kier alpha value is -0.580. The maximum absolute atomic E-state index is 6.00. The predicted molar refractivity (Wildman–Crippen MR) is 89.9 cm³/mol. The molecule has 1 aromatic carbocycles. The van der Waals surface area contributed by atoms with Crippen LogP contribution >= 0.6 is 15.9 Å². The first-order valence-electron chi connectivity index (χ1n) is 7.63. The van der Waals surface area contributed by atoms with Gasteiger partial charge in [-0.05, 0) is 66.9 Å². The lowest BCUT2D eigenvalue weighted by atomic mass is 9.81. The molecule has 1 saturated heterocycles. The Kier molecular flexibility index (Phi) is 5.69. The highest BCUT2D eigenvalue weighted by molar-refractivity contribution is 9.10. The molecule has 0 radical (unpaired) electrons. The molecular weight excluding hydrogens is 330 g/mol. The summed E-state index contributed by atoms with van der Waals surface area (Å²) in [6.45, 7) is 6.67. The van der Waals surface area contributed by atoms with Gasteiger partial charge < -0.3 is 14.8 Å². The third-order valence-electron chi connectivity index (χ3n) is 4.83. The summed E-state index contributed by atoms with van der Waals surface area (Å²) in [6, 6.07) is 6.73. The molecule has 0 aliphatic carbocycles. The molecule has 5 atom stereocenters. The van der Waals surface area contributed by atoms with Crippen molar-refractivity contribution in [1.29, 1.82) is 0 Å². The van der Waals surface area contributed by atoms with Crippen molar-refractivity contribution in [2.24, 2.45) is 11.8 Å². The summed E-state index contributed by atoms with van der Waals surface area (Å²) in [6.07, 6.45) is 1.63. The first-order chi connectivity index (χ1) is 9.97. The Bertz CT molecular complexity index is 480. The highest BCUT2D eigenvalue weighted by atomic mass is 79.9. The van der Waals surface area contributed by atoms with Gasteiger partial charge in [-0.2, -0.15) is 0 Å². The van der Waals surface area contributed by atoms with Gasteiger partial charge in [0.2, 0.25) is 0 Å². The molecule has 1 aliphatic heterocycles. The van der Waals surface area contributed by atoms with Gasteiger partial charge in [-0.25, -0.2) is 0 Å². The summed E-state index contributed by atoms with van der Waals surface area (Å²) in [5.41, 5.74) is 1.31. The second-order valence-corrected chi connectivity index (χ2v) is 6.91. The largest absolute Gasteiger partial charge is 0.496 e. The summed E-state index contributed by atoms with van der Waals surface area (Å²) in [5.74, 6) is 1.98. The molecular formula is C17H26BrNO2. The smallest absolute Gasteiger partial charge is 0.133 e. The highest BCUT2D eigenvalue weighted by Gasteiger charge is 2.41. The predicted octanol–water partition coefficient (Wildman–Crippen LogP) is 3.65. The van der Waals surface area contributed by atoms with Crippen LogP contribution in [0.3, 0.4) is 0 Å². The van der Waals surface area contributed by atoms with E-state index < -0.39 is 0 Å². The second-order valence-electron chi connectivity index (χ2n) is 6.05. The van der Waals surface area contributed by atoms with Gasteiger partial charge in [0.15, 0.2) is 0 Å². The number of methoxy groups -OCH3 is 1. The minimum atomic E-state index is 0.300. The maximum Gasteiger partial charge on any atom is 0.133 e. The third kappa shape index (κ3) is 3.61. The fourth-order valence-corrected chi connectivity index (χ4v) is 4.10. The van der Waals surface area contributed by atoms with Gasteiger partial charge in [0, 0.05) is 12.0 Å². The van der Waals surface area contributed by atoms with Crippen molar-refractivity contribution in [3.8, 4) is 5.75 Å². The van der Waals surface area contributed by atoms with E-state index in [1.54, 1.807) is 7.11 Å². The molecule has 5 unspecified atom stereocenters.